The first-order chi connectivity index (χ1) is 12.9. The van der Waals surface area contributed by atoms with Crippen LogP contribution in [-0.2, 0) is 15.6 Å². The molecule has 0 saturated heterocycles. The van der Waals surface area contributed by atoms with Gasteiger partial charge in [-0.3, -0.25) is 0 Å². The molecule has 5 nitrogen and oxygen atoms in total. The molecule has 0 aliphatic rings. The number of hydrogen-bond donors (Lipinski definition) is 0. The van der Waals surface area contributed by atoms with E-state index in [1.165, 1.54) is 19.2 Å². The van der Waals surface area contributed by atoms with Crippen molar-refractivity contribution in [3.05, 3.63) is 59.2 Å². The summed E-state index contributed by atoms with van der Waals surface area (Å²) in [5, 5.41) is 0. The van der Waals surface area contributed by atoms with E-state index in [4.69, 9.17) is 14.2 Å². The summed E-state index contributed by atoms with van der Waals surface area (Å²) in [5.41, 5.74) is 2.04. The Labute approximate surface area is 166 Å². The van der Waals surface area contributed by atoms with Gasteiger partial charge >= 0.3 is 12.1 Å². The Bertz CT molecular complexity index is 837. The average molecular weight is 384 g/mol. The van der Waals surface area contributed by atoms with Gasteiger partial charge in [-0.15, -0.1) is 0 Å². The number of methoxy groups -OCH3 is 1. The molecule has 0 fully saturated rings. The Balaban J connectivity index is 2.31. The molecular formula is C23H28O5. The summed E-state index contributed by atoms with van der Waals surface area (Å²) in [7, 11) is 1.27. The van der Waals surface area contributed by atoms with Crippen molar-refractivity contribution >= 4 is 12.1 Å². The number of benzene rings is 2. The molecule has 0 unspecified atom stereocenters. The van der Waals surface area contributed by atoms with Gasteiger partial charge in [0.1, 0.15) is 17.1 Å². The molecule has 0 amide bonds. The van der Waals surface area contributed by atoms with Gasteiger partial charge in [0.15, 0.2) is 0 Å². The van der Waals surface area contributed by atoms with Gasteiger partial charge < -0.3 is 14.2 Å². The van der Waals surface area contributed by atoms with E-state index in [0.29, 0.717) is 5.75 Å². The molecule has 0 aliphatic carbocycles. The van der Waals surface area contributed by atoms with Crippen LogP contribution in [0.25, 0.3) is 0 Å². The highest BCUT2D eigenvalue weighted by atomic mass is 16.7. The molecule has 2 aromatic carbocycles. The maximum atomic E-state index is 12.4. The van der Waals surface area contributed by atoms with Crippen LogP contribution < -0.4 is 9.47 Å². The Kier molecular flexibility index (Phi) is 6.17. The second-order valence-electron chi connectivity index (χ2n) is 8.69. The van der Waals surface area contributed by atoms with Crippen molar-refractivity contribution < 1.29 is 23.8 Å². The van der Waals surface area contributed by atoms with Gasteiger partial charge in [0.25, 0.3) is 0 Å². The van der Waals surface area contributed by atoms with Crippen molar-refractivity contribution in [2.24, 2.45) is 0 Å². The summed E-state index contributed by atoms with van der Waals surface area (Å²) in [6.07, 6.45) is -0.915. The molecule has 0 N–H and O–H groups in total. The zero-order chi connectivity index (χ0) is 21.1. The summed E-state index contributed by atoms with van der Waals surface area (Å²) in [6.45, 7) is 12.6. The SMILES string of the molecule is COC(=O)c1ccccc1OC(=O)Oc1cc(C(C)(C)C)cc(C(C)(C)C)c1. The summed E-state index contributed by atoms with van der Waals surface area (Å²) in [5.74, 6) is -0.103. The molecule has 0 heterocycles. The van der Waals surface area contributed by atoms with Gasteiger partial charge in [0.2, 0.25) is 0 Å². The minimum absolute atomic E-state index is 0.0855. The van der Waals surface area contributed by atoms with E-state index in [2.05, 4.69) is 47.6 Å². The number of carbonyl (C=O) groups is 2. The first-order valence-electron chi connectivity index (χ1n) is 9.15. The fourth-order valence-electron chi connectivity index (χ4n) is 2.57. The van der Waals surface area contributed by atoms with E-state index in [9.17, 15) is 9.59 Å². The average Bonchev–Trinajstić information content (AvgIpc) is 2.59. The molecule has 28 heavy (non-hydrogen) atoms. The van der Waals surface area contributed by atoms with Crippen molar-refractivity contribution in [1.29, 1.82) is 0 Å². The number of ether oxygens (including phenoxy) is 3. The lowest BCUT2D eigenvalue weighted by molar-refractivity contribution is 0.0597. The summed E-state index contributed by atoms with van der Waals surface area (Å²) in [6, 6.07) is 12.2. The lowest BCUT2D eigenvalue weighted by atomic mass is 9.80. The Hall–Kier alpha value is -2.82. The quantitative estimate of drug-likeness (QED) is 0.506. The third-order valence-electron chi connectivity index (χ3n) is 4.33. The third-order valence-corrected chi connectivity index (χ3v) is 4.33. The van der Waals surface area contributed by atoms with Crippen LogP contribution >= 0.6 is 0 Å². The molecule has 150 valence electrons. The molecule has 0 aromatic heterocycles. The molecular weight excluding hydrogens is 356 g/mol. The van der Waals surface area contributed by atoms with Crippen LogP contribution in [0.2, 0.25) is 0 Å². The van der Waals surface area contributed by atoms with E-state index in [-0.39, 0.29) is 22.1 Å². The number of carbonyl (C=O) groups excluding carboxylic acids is 2. The number of esters is 1. The maximum Gasteiger partial charge on any atom is 0.519 e. The summed E-state index contributed by atoms with van der Waals surface area (Å²) < 4.78 is 15.4. The predicted molar refractivity (Wildman–Crippen MR) is 108 cm³/mol. The first-order valence-corrected chi connectivity index (χ1v) is 9.15. The van der Waals surface area contributed by atoms with E-state index < -0.39 is 12.1 Å². The summed E-state index contributed by atoms with van der Waals surface area (Å²) in [4.78, 5) is 24.2. The molecule has 0 spiro atoms. The number of para-hydroxylation sites is 1. The van der Waals surface area contributed by atoms with E-state index >= 15 is 0 Å². The van der Waals surface area contributed by atoms with Gasteiger partial charge in [0, 0.05) is 0 Å². The van der Waals surface area contributed by atoms with Crippen molar-refractivity contribution in [2.45, 2.75) is 52.4 Å². The lowest BCUT2D eigenvalue weighted by Crippen LogP contribution is -2.19. The monoisotopic (exact) mass is 384 g/mol. The minimum atomic E-state index is -0.915. The Morgan fingerprint density at radius 1 is 0.786 bits per heavy atom. The maximum absolute atomic E-state index is 12.4. The second kappa shape index (κ2) is 8.05. The smallest absolute Gasteiger partial charge is 0.465 e. The lowest BCUT2D eigenvalue weighted by Gasteiger charge is -2.25. The van der Waals surface area contributed by atoms with Crippen LogP contribution in [0.3, 0.4) is 0 Å². The van der Waals surface area contributed by atoms with E-state index in [1.54, 1.807) is 12.1 Å². The Morgan fingerprint density at radius 3 is 1.82 bits per heavy atom. The van der Waals surface area contributed by atoms with Crippen LogP contribution in [0.4, 0.5) is 4.79 Å². The van der Waals surface area contributed by atoms with Gasteiger partial charge in [-0.25, -0.2) is 9.59 Å². The van der Waals surface area contributed by atoms with Crippen LogP contribution in [0, 0.1) is 0 Å². The zero-order valence-corrected chi connectivity index (χ0v) is 17.6. The molecule has 0 aliphatic heterocycles. The summed E-state index contributed by atoms with van der Waals surface area (Å²) >= 11 is 0. The van der Waals surface area contributed by atoms with E-state index in [0.717, 1.165) is 11.1 Å². The number of hydrogen-bond acceptors (Lipinski definition) is 5. The van der Waals surface area contributed by atoms with Crippen molar-refractivity contribution in [1.82, 2.24) is 0 Å². The normalized spacial score (nSPS) is 11.7. The third kappa shape index (κ3) is 5.35. The standard InChI is InChI=1S/C23H28O5/c1-22(2,3)15-12-16(23(4,5)6)14-17(13-15)27-21(25)28-19-11-9-8-10-18(19)20(24)26-7/h8-14H,1-7H3. The fraction of sp³-hybridized carbons (Fsp3) is 0.391. The van der Waals surface area contributed by atoms with Gasteiger partial charge in [0.05, 0.1) is 7.11 Å². The zero-order valence-electron chi connectivity index (χ0n) is 17.6. The van der Waals surface area contributed by atoms with Crippen LogP contribution in [0.5, 0.6) is 11.5 Å². The first kappa shape index (κ1) is 21.5. The molecule has 0 bridgehead atoms. The molecule has 0 radical (unpaired) electrons. The van der Waals surface area contributed by atoms with Crippen molar-refractivity contribution in [2.75, 3.05) is 7.11 Å². The van der Waals surface area contributed by atoms with E-state index in [1.807, 2.05) is 12.1 Å². The van der Waals surface area contributed by atoms with Gasteiger partial charge in [-0.1, -0.05) is 59.7 Å². The highest BCUT2D eigenvalue weighted by Gasteiger charge is 2.22. The molecule has 5 heteroatoms. The van der Waals surface area contributed by atoms with Crippen LogP contribution in [0.15, 0.2) is 42.5 Å². The fourth-order valence-corrected chi connectivity index (χ4v) is 2.57. The van der Waals surface area contributed by atoms with Crippen LogP contribution in [-0.4, -0.2) is 19.2 Å². The Morgan fingerprint density at radius 2 is 1.32 bits per heavy atom. The predicted octanol–water partition coefficient (Wildman–Crippen LogP) is 5.65. The highest BCUT2D eigenvalue weighted by Crippen LogP contribution is 2.33. The van der Waals surface area contributed by atoms with Crippen LogP contribution in [0.1, 0.15) is 63.0 Å². The molecule has 0 saturated carbocycles. The number of rotatable bonds is 3. The molecule has 2 rings (SSSR count). The van der Waals surface area contributed by atoms with Crippen molar-refractivity contribution in [3.63, 3.8) is 0 Å². The topological polar surface area (TPSA) is 61.8 Å². The largest absolute Gasteiger partial charge is 0.519 e. The molecule has 0 atom stereocenters. The van der Waals surface area contributed by atoms with Crippen molar-refractivity contribution in [3.8, 4) is 11.5 Å². The second-order valence-corrected chi connectivity index (χ2v) is 8.69. The van der Waals surface area contributed by atoms with Gasteiger partial charge in [-0.2, -0.15) is 0 Å². The minimum Gasteiger partial charge on any atom is -0.465 e. The van der Waals surface area contributed by atoms with Gasteiger partial charge in [-0.05, 0) is 46.2 Å². The molecule has 2 aromatic rings. The highest BCUT2D eigenvalue weighted by molar-refractivity contribution is 5.93.